The van der Waals surface area contributed by atoms with E-state index in [-0.39, 0.29) is 23.1 Å². The summed E-state index contributed by atoms with van der Waals surface area (Å²) < 4.78 is 23.9. The lowest BCUT2D eigenvalue weighted by Crippen LogP contribution is -2.25. The van der Waals surface area contributed by atoms with Crippen LogP contribution in [0.1, 0.15) is 26.3 Å². The van der Waals surface area contributed by atoms with Crippen LogP contribution in [0, 0.1) is 5.82 Å². The summed E-state index contributed by atoms with van der Waals surface area (Å²) in [6, 6.07) is 2.84. The van der Waals surface area contributed by atoms with Crippen LogP contribution in [0.25, 0.3) is 11.1 Å². The highest BCUT2D eigenvalue weighted by molar-refractivity contribution is 5.78. The second kappa shape index (κ2) is 4.53. The van der Waals surface area contributed by atoms with E-state index in [1.165, 1.54) is 12.1 Å². The van der Waals surface area contributed by atoms with E-state index in [1.54, 1.807) is 20.8 Å². The first-order valence-corrected chi connectivity index (χ1v) is 5.78. The number of hydrogen-bond acceptors (Lipinski definition) is 4. The second-order valence-electron chi connectivity index (χ2n) is 5.19. The minimum atomic E-state index is -0.733. The quantitative estimate of drug-likeness (QED) is 0.846. The van der Waals surface area contributed by atoms with Gasteiger partial charge in [-0.25, -0.2) is 9.18 Å². The molecular formula is C13H14FNO4. The molecule has 0 saturated carbocycles. The monoisotopic (exact) mass is 267 g/mol. The van der Waals surface area contributed by atoms with Crippen LogP contribution in [-0.2, 0) is 16.0 Å². The van der Waals surface area contributed by atoms with Crippen LogP contribution in [0.5, 0.6) is 0 Å². The number of fused-ring (bicyclic) bond motifs is 1. The van der Waals surface area contributed by atoms with E-state index < -0.39 is 23.1 Å². The zero-order valence-corrected chi connectivity index (χ0v) is 10.9. The Morgan fingerprint density at radius 1 is 1.42 bits per heavy atom. The number of aromatic nitrogens is 1. The summed E-state index contributed by atoms with van der Waals surface area (Å²) in [5, 5.41) is 0. The van der Waals surface area contributed by atoms with E-state index in [4.69, 9.17) is 9.15 Å². The standard InChI is InChI=1S/C13H14FNO4/c1-13(2,3)19-9(16)6-7-4-5-8-11(10(7)14)15-12(17)18-8/h4-5H,6H2,1-3H3,(H,15,17). The predicted molar refractivity (Wildman–Crippen MR) is 66.3 cm³/mol. The van der Waals surface area contributed by atoms with Gasteiger partial charge in [0, 0.05) is 5.56 Å². The first-order valence-electron chi connectivity index (χ1n) is 5.78. The van der Waals surface area contributed by atoms with Gasteiger partial charge in [0.15, 0.2) is 11.4 Å². The number of halogens is 1. The van der Waals surface area contributed by atoms with Gasteiger partial charge in [-0.2, -0.15) is 0 Å². The first-order chi connectivity index (χ1) is 8.76. The number of carbonyl (C=O) groups excluding carboxylic acids is 1. The van der Waals surface area contributed by atoms with E-state index in [1.807, 2.05) is 0 Å². The lowest BCUT2D eigenvalue weighted by atomic mass is 10.1. The van der Waals surface area contributed by atoms with Crippen molar-refractivity contribution in [3.8, 4) is 0 Å². The van der Waals surface area contributed by atoms with Crippen molar-refractivity contribution < 1.29 is 18.3 Å². The molecular weight excluding hydrogens is 253 g/mol. The summed E-state index contributed by atoms with van der Waals surface area (Å²) in [6.07, 6.45) is -0.202. The minimum absolute atomic E-state index is 0.0361. The molecule has 0 aliphatic carbocycles. The molecule has 0 aliphatic rings. The minimum Gasteiger partial charge on any atom is -0.460 e. The molecule has 0 fully saturated rings. The van der Waals surface area contributed by atoms with E-state index >= 15 is 0 Å². The SMILES string of the molecule is CC(C)(C)OC(=O)Cc1ccc2oc(=O)[nH]c2c1F. The molecule has 1 heterocycles. The van der Waals surface area contributed by atoms with Crippen molar-refractivity contribution in [2.24, 2.45) is 0 Å². The largest absolute Gasteiger partial charge is 0.460 e. The van der Waals surface area contributed by atoms with Crippen molar-refractivity contribution in [3.63, 3.8) is 0 Å². The number of H-pyrrole nitrogens is 1. The maximum absolute atomic E-state index is 14.0. The highest BCUT2D eigenvalue weighted by Crippen LogP contribution is 2.19. The van der Waals surface area contributed by atoms with Crippen molar-refractivity contribution in [3.05, 3.63) is 34.1 Å². The predicted octanol–water partition coefficient (Wildman–Crippen LogP) is 2.14. The fraction of sp³-hybridized carbons (Fsp3) is 0.385. The molecule has 6 heteroatoms. The van der Waals surface area contributed by atoms with Gasteiger partial charge < -0.3 is 9.15 Å². The molecule has 0 unspecified atom stereocenters. The van der Waals surface area contributed by atoms with Crippen LogP contribution in [-0.4, -0.2) is 16.6 Å². The number of oxazole rings is 1. The number of nitrogens with one attached hydrogen (secondary N) is 1. The highest BCUT2D eigenvalue weighted by Gasteiger charge is 2.19. The van der Waals surface area contributed by atoms with Crippen LogP contribution in [0.2, 0.25) is 0 Å². The van der Waals surface area contributed by atoms with Crippen LogP contribution < -0.4 is 5.76 Å². The molecule has 5 nitrogen and oxygen atoms in total. The fourth-order valence-electron chi connectivity index (χ4n) is 1.70. The number of benzene rings is 1. The molecule has 1 aromatic carbocycles. The molecule has 1 aromatic heterocycles. The average Bonchev–Trinajstić information content (AvgIpc) is 2.61. The second-order valence-corrected chi connectivity index (χ2v) is 5.19. The smallest absolute Gasteiger partial charge is 0.417 e. The van der Waals surface area contributed by atoms with Gasteiger partial charge in [-0.15, -0.1) is 0 Å². The van der Waals surface area contributed by atoms with E-state index in [0.717, 1.165) is 0 Å². The third-order valence-corrected chi connectivity index (χ3v) is 2.37. The Bertz CT molecular complexity index is 678. The number of carbonyl (C=O) groups is 1. The zero-order valence-electron chi connectivity index (χ0n) is 10.9. The Hall–Kier alpha value is -2.11. The topological polar surface area (TPSA) is 72.3 Å². The number of ether oxygens (including phenoxy) is 1. The highest BCUT2D eigenvalue weighted by atomic mass is 19.1. The van der Waals surface area contributed by atoms with E-state index in [0.29, 0.717) is 0 Å². The molecule has 0 aliphatic heterocycles. The Morgan fingerprint density at radius 3 is 2.74 bits per heavy atom. The summed E-state index contributed by atoms with van der Waals surface area (Å²) in [7, 11) is 0. The number of rotatable bonds is 2. The lowest BCUT2D eigenvalue weighted by Gasteiger charge is -2.19. The summed E-state index contributed by atoms with van der Waals surface area (Å²) in [5.41, 5.74) is -0.387. The van der Waals surface area contributed by atoms with Crippen LogP contribution in [0.15, 0.2) is 21.3 Å². The summed E-state index contributed by atoms with van der Waals surface area (Å²) in [5.74, 6) is -1.94. The lowest BCUT2D eigenvalue weighted by molar-refractivity contribution is -0.153. The molecule has 0 bridgehead atoms. The molecule has 0 atom stereocenters. The number of esters is 1. The Kier molecular flexibility index (Phi) is 3.18. The molecule has 0 radical (unpaired) electrons. The van der Waals surface area contributed by atoms with Crippen LogP contribution in [0.3, 0.4) is 0 Å². The van der Waals surface area contributed by atoms with Gasteiger partial charge in [-0.05, 0) is 26.8 Å². The molecule has 0 amide bonds. The zero-order chi connectivity index (χ0) is 14.2. The van der Waals surface area contributed by atoms with Gasteiger partial charge in [-0.1, -0.05) is 6.07 Å². The molecule has 2 aromatic rings. The summed E-state index contributed by atoms with van der Waals surface area (Å²) >= 11 is 0. The molecule has 19 heavy (non-hydrogen) atoms. The normalized spacial score (nSPS) is 11.8. The third kappa shape index (κ3) is 3.01. The number of hydrogen-bond donors (Lipinski definition) is 1. The third-order valence-electron chi connectivity index (χ3n) is 2.37. The molecule has 0 spiro atoms. The maximum Gasteiger partial charge on any atom is 0.417 e. The van der Waals surface area contributed by atoms with Gasteiger partial charge in [0.1, 0.15) is 11.1 Å². The Labute approximate surface area is 108 Å². The van der Waals surface area contributed by atoms with Crippen molar-refractivity contribution in [1.29, 1.82) is 0 Å². The van der Waals surface area contributed by atoms with Crippen molar-refractivity contribution in [1.82, 2.24) is 4.98 Å². The summed E-state index contributed by atoms with van der Waals surface area (Å²) in [6.45, 7) is 5.20. The maximum atomic E-state index is 14.0. The number of aromatic amines is 1. The van der Waals surface area contributed by atoms with Gasteiger partial charge in [0.25, 0.3) is 0 Å². The van der Waals surface area contributed by atoms with E-state index in [9.17, 15) is 14.0 Å². The van der Waals surface area contributed by atoms with Crippen molar-refractivity contribution in [2.45, 2.75) is 32.8 Å². The van der Waals surface area contributed by atoms with Gasteiger partial charge in [0.05, 0.1) is 6.42 Å². The van der Waals surface area contributed by atoms with Crippen molar-refractivity contribution in [2.75, 3.05) is 0 Å². The van der Waals surface area contributed by atoms with Gasteiger partial charge in [0.2, 0.25) is 0 Å². The summed E-state index contributed by atoms with van der Waals surface area (Å²) in [4.78, 5) is 24.9. The van der Waals surface area contributed by atoms with Gasteiger partial charge in [-0.3, -0.25) is 9.78 Å². The Balaban J connectivity index is 2.28. The first kappa shape index (κ1) is 13.3. The fourth-order valence-corrected chi connectivity index (χ4v) is 1.70. The molecule has 1 N–H and O–H groups in total. The average molecular weight is 267 g/mol. The molecule has 102 valence electrons. The van der Waals surface area contributed by atoms with Gasteiger partial charge >= 0.3 is 11.7 Å². The van der Waals surface area contributed by atoms with Crippen LogP contribution >= 0.6 is 0 Å². The van der Waals surface area contributed by atoms with Crippen molar-refractivity contribution >= 4 is 17.1 Å². The van der Waals surface area contributed by atoms with E-state index in [2.05, 4.69) is 4.98 Å². The van der Waals surface area contributed by atoms with Crippen LogP contribution in [0.4, 0.5) is 4.39 Å². The molecule has 2 rings (SSSR count). The Morgan fingerprint density at radius 2 is 2.11 bits per heavy atom. The molecule has 0 saturated heterocycles.